The fraction of sp³-hybridized carbons (Fsp3) is 0.562. The monoisotopic (exact) mass is 294 g/mol. The molecule has 0 aromatic heterocycles. The number of likely N-dealkylation sites (N-methyl/N-ethyl adjacent to an activating group) is 1. The number of nitrogens with one attached hydrogen (secondary N) is 1. The summed E-state index contributed by atoms with van der Waals surface area (Å²) in [5.41, 5.74) is 1.32. The van der Waals surface area contributed by atoms with Gasteiger partial charge in [0.05, 0.1) is 12.6 Å². The highest BCUT2D eigenvalue weighted by Gasteiger charge is 2.27. The van der Waals surface area contributed by atoms with Crippen molar-refractivity contribution in [3.8, 4) is 0 Å². The Bertz CT molecular complexity index is 507. The van der Waals surface area contributed by atoms with E-state index >= 15 is 0 Å². The molecule has 2 N–H and O–H groups in total. The molecule has 5 heteroatoms. The maximum absolute atomic E-state index is 13.2. The summed E-state index contributed by atoms with van der Waals surface area (Å²) in [6.45, 7) is 2.02. The van der Waals surface area contributed by atoms with Crippen molar-refractivity contribution < 1.29 is 14.3 Å². The SMILES string of the molecule is Cc1ccc(F)cc1NC(=O)CN(C)C1CCCCC1O. The minimum atomic E-state index is -0.369. The Kier molecular flexibility index (Phi) is 5.31. The van der Waals surface area contributed by atoms with E-state index in [0.717, 1.165) is 31.2 Å². The number of hydrogen-bond acceptors (Lipinski definition) is 3. The number of amides is 1. The second-order valence-electron chi connectivity index (χ2n) is 5.84. The average molecular weight is 294 g/mol. The molecule has 21 heavy (non-hydrogen) atoms. The summed E-state index contributed by atoms with van der Waals surface area (Å²) in [5, 5.41) is 12.7. The number of rotatable bonds is 4. The summed E-state index contributed by atoms with van der Waals surface area (Å²) in [7, 11) is 1.84. The third kappa shape index (κ3) is 4.25. The number of aliphatic hydroxyl groups excluding tert-OH is 1. The van der Waals surface area contributed by atoms with Crippen LogP contribution >= 0.6 is 0 Å². The summed E-state index contributed by atoms with van der Waals surface area (Å²) >= 11 is 0. The highest BCUT2D eigenvalue weighted by Crippen LogP contribution is 2.22. The lowest BCUT2D eigenvalue weighted by molar-refractivity contribution is -0.118. The zero-order valence-corrected chi connectivity index (χ0v) is 12.6. The van der Waals surface area contributed by atoms with Gasteiger partial charge in [0.2, 0.25) is 5.91 Å². The van der Waals surface area contributed by atoms with Crippen molar-refractivity contribution in [3.63, 3.8) is 0 Å². The first-order chi connectivity index (χ1) is 9.97. The molecule has 116 valence electrons. The summed E-state index contributed by atoms with van der Waals surface area (Å²) < 4.78 is 13.2. The Labute approximate surface area is 125 Å². The zero-order valence-electron chi connectivity index (χ0n) is 12.6. The largest absolute Gasteiger partial charge is 0.391 e. The van der Waals surface area contributed by atoms with Crippen LogP contribution in [0.2, 0.25) is 0 Å². The fourth-order valence-corrected chi connectivity index (χ4v) is 2.87. The molecule has 0 bridgehead atoms. The van der Waals surface area contributed by atoms with E-state index in [2.05, 4.69) is 5.32 Å². The van der Waals surface area contributed by atoms with E-state index in [1.54, 1.807) is 6.07 Å². The van der Waals surface area contributed by atoms with Gasteiger partial charge in [-0.3, -0.25) is 9.69 Å². The predicted octanol–water partition coefficient (Wildman–Crippen LogP) is 2.31. The molecule has 0 radical (unpaired) electrons. The molecule has 1 aliphatic carbocycles. The van der Waals surface area contributed by atoms with Crippen LogP contribution in [0.5, 0.6) is 0 Å². The van der Waals surface area contributed by atoms with Gasteiger partial charge < -0.3 is 10.4 Å². The number of carbonyl (C=O) groups is 1. The molecule has 2 unspecified atom stereocenters. The number of halogens is 1. The van der Waals surface area contributed by atoms with Gasteiger partial charge >= 0.3 is 0 Å². The van der Waals surface area contributed by atoms with Gasteiger partial charge in [0.1, 0.15) is 5.82 Å². The quantitative estimate of drug-likeness (QED) is 0.896. The summed E-state index contributed by atoms with van der Waals surface area (Å²) in [5.74, 6) is -0.559. The molecular weight excluding hydrogens is 271 g/mol. The van der Waals surface area contributed by atoms with Crippen LogP contribution in [0.4, 0.5) is 10.1 Å². The lowest BCUT2D eigenvalue weighted by Crippen LogP contribution is -2.46. The maximum Gasteiger partial charge on any atom is 0.238 e. The van der Waals surface area contributed by atoms with Crippen LogP contribution in [-0.2, 0) is 4.79 Å². The molecule has 1 aliphatic rings. The number of aliphatic hydroxyl groups is 1. The van der Waals surface area contributed by atoms with Gasteiger partial charge in [-0.2, -0.15) is 0 Å². The Morgan fingerprint density at radius 2 is 2.14 bits per heavy atom. The molecule has 0 aliphatic heterocycles. The zero-order chi connectivity index (χ0) is 15.4. The van der Waals surface area contributed by atoms with Crippen molar-refractivity contribution in [2.45, 2.75) is 44.8 Å². The average Bonchev–Trinajstić information content (AvgIpc) is 2.43. The Balaban J connectivity index is 1.93. The van der Waals surface area contributed by atoms with Crippen LogP contribution in [0.15, 0.2) is 18.2 Å². The lowest BCUT2D eigenvalue weighted by atomic mass is 9.91. The van der Waals surface area contributed by atoms with Crippen LogP contribution in [-0.4, -0.2) is 41.7 Å². The van der Waals surface area contributed by atoms with Crippen molar-refractivity contribution in [2.24, 2.45) is 0 Å². The van der Waals surface area contributed by atoms with Gasteiger partial charge in [-0.15, -0.1) is 0 Å². The van der Waals surface area contributed by atoms with Gasteiger partial charge in [-0.1, -0.05) is 18.9 Å². The summed E-state index contributed by atoms with van der Waals surface area (Å²) in [4.78, 5) is 14.0. The van der Waals surface area contributed by atoms with E-state index in [0.29, 0.717) is 5.69 Å². The van der Waals surface area contributed by atoms with Gasteiger partial charge in [0.15, 0.2) is 0 Å². The molecule has 2 rings (SSSR count). The molecule has 0 heterocycles. The predicted molar refractivity (Wildman–Crippen MR) is 80.7 cm³/mol. The third-order valence-corrected chi connectivity index (χ3v) is 4.13. The molecule has 1 amide bonds. The number of hydrogen-bond donors (Lipinski definition) is 2. The second kappa shape index (κ2) is 7.00. The van der Waals surface area contributed by atoms with Crippen LogP contribution in [0.3, 0.4) is 0 Å². The van der Waals surface area contributed by atoms with Crippen molar-refractivity contribution in [2.75, 3.05) is 18.9 Å². The minimum Gasteiger partial charge on any atom is -0.391 e. The number of carbonyl (C=O) groups excluding carboxylic acids is 1. The van der Waals surface area contributed by atoms with E-state index in [9.17, 15) is 14.3 Å². The molecule has 2 atom stereocenters. The first kappa shape index (κ1) is 15.9. The molecule has 1 fully saturated rings. The molecule has 0 spiro atoms. The van der Waals surface area contributed by atoms with Gasteiger partial charge in [-0.05, 0) is 44.5 Å². The van der Waals surface area contributed by atoms with E-state index < -0.39 is 0 Å². The smallest absolute Gasteiger partial charge is 0.238 e. The number of nitrogens with zero attached hydrogens (tertiary/aromatic N) is 1. The van der Waals surface area contributed by atoms with Crippen LogP contribution in [0, 0.1) is 12.7 Å². The van der Waals surface area contributed by atoms with Crippen molar-refractivity contribution >= 4 is 11.6 Å². The van der Waals surface area contributed by atoms with E-state index in [4.69, 9.17) is 0 Å². The molecular formula is C16H23FN2O2. The number of anilines is 1. The van der Waals surface area contributed by atoms with Gasteiger partial charge in [-0.25, -0.2) is 4.39 Å². The normalized spacial score (nSPS) is 22.3. The summed E-state index contributed by atoms with van der Waals surface area (Å²) in [6, 6.07) is 4.36. The Morgan fingerprint density at radius 3 is 2.86 bits per heavy atom. The van der Waals surface area contributed by atoms with Gasteiger partial charge in [0.25, 0.3) is 0 Å². The second-order valence-corrected chi connectivity index (χ2v) is 5.84. The van der Waals surface area contributed by atoms with Gasteiger partial charge in [0, 0.05) is 11.7 Å². The molecule has 0 saturated heterocycles. The van der Waals surface area contributed by atoms with Crippen molar-refractivity contribution in [1.82, 2.24) is 4.90 Å². The topological polar surface area (TPSA) is 52.6 Å². The van der Waals surface area contributed by atoms with Crippen molar-refractivity contribution in [1.29, 1.82) is 0 Å². The third-order valence-electron chi connectivity index (χ3n) is 4.13. The molecule has 4 nitrogen and oxygen atoms in total. The van der Waals surface area contributed by atoms with Crippen LogP contribution in [0.1, 0.15) is 31.2 Å². The standard InChI is InChI=1S/C16H23FN2O2/c1-11-7-8-12(17)9-13(11)18-16(21)10-19(2)14-5-3-4-6-15(14)20/h7-9,14-15,20H,3-6,10H2,1-2H3,(H,18,21). The minimum absolute atomic E-state index is 0.0260. The maximum atomic E-state index is 13.2. The molecule has 1 saturated carbocycles. The van der Waals surface area contributed by atoms with Crippen LogP contribution < -0.4 is 5.32 Å². The molecule has 1 aromatic rings. The van der Waals surface area contributed by atoms with E-state index in [-0.39, 0.29) is 30.4 Å². The fourth-order valence-electron chi connectivity index (χ4n) is 2.87. The first-order valence-electron chi connectivity index (χ1n) is 7.41. The first-order valence-corrected chi connectivity index (χ1v) is 7.41. The van der Waals surface area contributed by atoms with Crippen LogP contribution in [0.25, 0.3) is 0 Å². The Morgan fingerprint density at radius 1 is 1.43 bits per heavy atom. The highest BCUT2D eigenvalue weighted by molar-refractivity contribution is 5.92. The summed E-state index contributed by atoms with van der Waals surface area (Å²) in [6.07, 6.45) is 3.45. The van der Waals surface area contributed by atoms with E-state index in [1.165, 1.54) is 12.1 Å². The van der Waals surface area contributed by atoms with E-state index in [1.807, 2.05) is 18.9 Å². The Hall–Kier alpha value is -1.46. The highest BCUT2D eigenvalue weighted by atomic mass is 19.1. The number of benzene rings is 1. The lowest BCUT2D eigenvalue weighted by Gasteiger charge is -2.34. The van der Waals surface area contributed by atoms with Crippen molar-refractivity contribution in [3.05, 3.63) is 29.6 Å². The molecule has 1 aromatic carbocycles. The number of aryl methyl sites for hydroxylation is 1.